The molecule has 0 saturated heterocycles. The van der Waals surface area contributed by atoms with Crippen molar-refractivity contribution in [2.45, 2.75) is 6.54 Å². The second-order valence-electron chi connectivity index (χ2n) is 2.38. The van der Waals surface area contributed by atoms with Crippen LogP contribution in [0.1, 0.15) is 11.1 Å². The molecular formula is C9H9F2N. The summed E-state index contributed by atoms with van der Waals surface area (Å²) >= 11 is 0. The molecule has 0 unspecified atom stereocenters. The summed E-state index contributed by atoms with van der Waals surface area (Å²) in [5.74, 6) is 0. The number of halogens is 2. The van der Waals surface area contributed by atoms with Crippen molar-refractivity contribution >= 4 is 6.08 Å². The van der Waals surface area contributed by atoms with Gasteiger partial charge in [0.25, 0.3) is 6.08 Å². The summed E-state index contributed by atoms with van der Waals surface area (Å²) in [6.07, 6.45) is -0.872. The fourth-order valence-corrected chi connectivity index (χ4v) is 0.936. The molecule has 0 bridgehead atoms. The van der Waals surface area contributed by atoms with Gasteiger partial charge in [-0.15, -0.1) is 0 Å². The van der Waals surface area contributed by atoms with E-state index in [4.69, 9.17) is 5.73 Å². The van der Waals surface area contributed by atoms with Gasteiger partial charge in [0.05, 0.1) is 0 Å². The normalized spacial score (nSPS) is 9.58. The Kier molecular flexibility index (Phi) is 2.94. The number of nitrogens with two attached hydrogens (primary N) is 1. The molecule has 0 aliphatic rings. The first kappa shape index (κ1) is 8.87. The van der Waals surface area contributed by atoms with E-state index in [2.05, 4.69) is 0 Å². The molecule has 0 fully saturated rings. The lowest BCUT2D eigenvalue weighted by molar-refractivity contribution is 0.429. The zero-order valence-electron chi connectivity index (χ0n) is 6.43. The summed E-state index contributed by atoms with van der Waals surface area (Å²) in [7, 11) is 0. The summed E-state index contributed by atoms with van der Waals surface area (Å²) in [5, 5.41) is 0. The van der Waals surface area contributed by atoms with Crippen LogP contribution in [-0.2, 0) is 6.54 Å². The van der Waals surface area contributed by atoms with Crippen molar-refractivity contribution in [3.8, 4) is 0 Å². The monoisotopic (exact) mass is 169 g/mol. The highest BCUT2D eigenvalue weighted by atomic mass is 19.3. The van der Waals surface area contributed by atoms with Crippen LogP contribution in [0.25, 0.3) is 6.08 Å². The van der Waals surface area contributed by atoms with E-state index in [1.807, 2.05) is 0 Å². The molecule has 0 heterocycles. The largest absolute Gasteiger partial charge is 0.326 e. The molecule has 0 spiro atoms. The first-order valence-corrected chi connectivity index (χ1v) is 3.54. The minimum atomic E-state index is -1.69. The molecule has 1 aromatic rings. The van der Waals surface area contributed by atoms with E-state index >= 15 is 0 Å². The second-order valence-corrected chi connectivity index (χ2v) is 2.38. The van der Waals surface area contributed by atoms with Gasteiger partial charge < -0.3 is 5.73 Å². The summed E-state index contributed by atoms with van der Waals surface area (Å²) in [5.41, 5.74) is 6.68. The predicted octanol–water partition coefficient (Wildman–Crippen LogP) is 2.38. The fraction of sp³-hybridized carbons (Fsp3) is 0.111. The molecule has 1 nitrogen and oxygen atoms in total. The molecule has 0 radical (unpaired) electrons. The lowest BCUT2D eigenvalue weighted by Gasteiger charge is -1.97. The van der Waals surface area contributed by atoms with Crippen molar-refractivity contribution in [1.82, 2.24) is 0 Å². The van der Waals surface area contributed by atoms with Crippen LogP contribution >= 0.6 is 0 Å². The van der Waals surface area contributed by atoms with Crippen LogP contribution in [-0.4, -0.2) is 0 Å². The number of rotatable bonds is 2. The smallest absolute Gasteiger partial charge is 0.270 e. The highest BCUT2D eigenvalue weighted by Crippen LogP contribution is 2.10. The molecule has 0 aliphatic carbocycles. The Bertz CT molecular complexity index is 290. The molecule has 1 aromatic carbocycles. The third kappa shape index (κ3) is 2.43. The van der Waals surface area contributed by atoms with Crippen LogP contribution in [0.3, 0.4) is 0 Å². The van der Waals surface area contributed by atoms with E-state index in [1.165, 1.54) is 0 Å². The van der Waals surface area contributed by atoms with E-state index in [1.54, 1.807) is 24.3 Å². The Morgan fingerprint density at radius 1 is 1.42 bits per heavy atom. The maximum Gasteiger partial charge on any atom is 0.270 e. The second kappa shape index (κ2) is 3.97. The van der Waals surface area contributed by atoms with Crippen molar-refractivity contribution < 1.29 is 8.78 Å². The maximum absolute atomic E-state index is 11.8. The Balaban J connectivity index is 2.94. The van der Waals surface area contributed by atoms with Gasteiger partial charge in [-0.05, 0) is 11.1 Å². The standard InChI is InChI=1S/C9H9F2N/c10-9(11)5-7-2-1-3-8(4-7)6-12/h1-5H,6,12H2. The molecule has 0 amide bonds. The van der Waals surface area contributed by atoms with Crippen molar-refractivity contribution in [2.24, 2.45) is 5.73 Å². The van der Waals surface area contributed by atoms with Crippen molar-refractivity contribution in [3.63, 3.8) is 0 Å². The minimum absolute atomic E-state index is 0.371. The molecule has 0 saturated carbocycles. The van der Waals surface area contributed by atoms with Gasteiger partial charge in [-0.25, -0.2) is 0 Å². The Morgan fingerprint density at radius 2 is 2.17 bits per heavy atom. The predicted molar refractivity (Wildman–Crippen MR) is 44.5 cm³/mol. The maximum atomic E-state index is 11.8. The van der Waals surface area contributed by atoms with Crippen molar-refractivity contribution in [2.75, 3.05) is 0 Å². The van der Waals surface area contributed by atoms with Crippen LogP contribution in [0.15, 0.2) is 30.3 Å². The molecule has 2 N–H and O–H groups in total. The van der Waals surface area contributed by atoms with Gasteiger partial charge in [0.2, 0.25) is 0 Å². The number of hydrogen-bond acceptors (Lipinski definition) is 1. The Labute approximate surface area is 69.5 Å². The van der Waals surface area contributed by atoms with Gasteiger partial charge in [-0.3, -0.25) is 0 Å². The quantitative estimate of drug-likeness (QED) is 0.722. The molecule has 0 atom stereocenters. The third-order valence-corrected chi connectivity index (χ3v) is 1.46. The summed E-state index contributed by atoms with van der Waals surface area (Å²) in [6, 6.07) is 6.75. The van der Waals surface area contributed by atoms with E-state index in [9.17, 15) is 8.78 Å². The topological polar surface area (TPSA) is 26.0 Å². The fourth-order valence-electron chi connectivity index (χ4n) is 0.936. The summed E-state index contributed by atoms with van der Waals surface area (Å²) in [6.45, 7) is 0.371. The van der Waals surface area contributed by atoms with Gasteiger partial charge in [-0.1, -0.05) is 24.3 Å². The molecule has 3 heteroatoms. The van der Waals surface area contributed by atoms with Crippen LogP contribution < -0.4 is 5.73 Å². The lowest BCUT2D eigenvalue weighted by Crippen LogP contribution is -1.95. The highest BCUT2D eigenvalue weighted by molar-refractivity contribution is 5.50. The van der Waals surface area contributed by atoms with E-state index in [0.29, 0.717) is 12.1 Å². The Morgan fingerprint density at radius 3 is 2.75 bits per heavy atom. The third-order valence-electron chi connectivity index (χ3n) is 1.46. The minimum Gasteiger partial charge on any atom is -0.326 e. The summed E-state index contributed by atoms with van der Waals surface area (Å²) in [4.78, 5) is 0. The number of benzene rings is 1. The molecule has 12 heavy (non-hydrogen) atoms. The van der Waals surface area contributed by atoms with Crippen LogP contribution in [0.4, 0.5) is 8.78 Å². The first-order chi connectivity index (χ1) is 5.72. The molecule has 0 aliphatic heterocycles. The van der Waals surface area contributed by atoms with E-state index in [-0.39, 0.29) is 0 Å². The Hall–Kier alpha value is -1.22. The van der Waals surface area contributed by atoms with Gasteiger partial charge in [-0.2, -0.15) is 8.78 Å². The SMILES string of the molecule is NCc1cccc(C=C(F)F)c1. The zero-order chi connectivity index (χ0) is 8.97. The highest BCUT2D eigenvalue weighted by Gasteiger charge is 1.93. The van der Waals surface area contributed by atoms with Gasteiger partial charge in [0, 0.05) is 12.6 Å². The van der Waals surface area contributed by atoms with Gasteiger partial charge in [0.15, 0.2) is 0 Å². The first-order valence-electron chi connectivity index (χ1n) is 3.54. The molecule has 64 valence electrons. The van der Waals surface area contributed by atoms with E-state index in [0.717, 1.165) is 11.6 Å². The molecular weight excluding hydrogens is 160 g/mol. The average Bonchev–Trinajstić information content (AvgIpc) is 2.03. The van der Waals surface area contributed by atoms with Crippen molar-refractivity contribution in [1.29, 1.82) is 0 Å². The number of hydrogen-bond donors (Lipinski definition) is 1. The summed E-state index contributed by atoms with van der Waals surface area (Å²) < 4.78 is 23.6. The molecule has 0 aromatic heterocycles. The van der Waals surface area contributed by atoms with Gasteiger partial charge >= 0.3 is 0 Å². The molecule has 1 rings (SSSR count). The van der Waals surface area contributed by atoms with Gasteiger partial charge in [0.1, 0.15) is 0 Å². The van der Waals surface area contributed by atoms with E-state index < -0.39 is 6.08 Å². The van der Waals surface area contributed by atoms with Crippen LogP contribution in [0.5, 0.6) is 0 Å². The lowest BCUT2D eigenvalue weighted by atomic mass is 10.1. The van der Waals surface area contributed by atoms with Crippen LogP contribution in [0.2, 0.25) is 0 Å². The zero-order valence-corrected chi connectivity index (χ0v) is 6.43. The average molecular weight is 169 g/mol. The van der Waals surface area contributed by atoms with Crippen molar-refractivity contribution in [3.05, 3.63) is 41.5 Å². The van der Waals surface area contributed by atoms with Crippen LogP contribution in [0, 0.1) is 0 Å².